The van der Waals surface area contributed by atoms with E-state index in [1.54, 1.807) is 7.11 Å². The molecule has 0 bridgehead atoms. The summed E-state index contributed by atoms with van der Waals surface area (Å²) in [6.07, 6.45) is 13.7. The highest BCUT2D eigenvalue weighted by atomic mass is 16.5. The van der Waals surface area contributed by atoms with Gasteiger partial charge in [0.25, 0.3) is 0 Å². The van der Waals surface area contributed by atoms with Crippen molar-refractivity contribution in [2.45, 2.75) is 25.8 Å². The lowest BCUT2D eigenvalue weighted by atomic mass is 10.0. The van der Waals surface area contributed by atoms with Crippen LogP contribution in [0.1, 0.15) is 19.3 Å². The lowest BCUT2D eigenvalue weighted by Crippen LogP contribution is -2.09. The average Bonchev–Trinajstić information content (AvgIpc) is 3.14. The van der Waals surface area contributed by atoms with Gasteiger partial charge in [-0.15, -0.1) is 5.10 Å². The molecular weight excluding hydrogens is 314 g/mol. The smallest absolute Gasteiger partial charge is 0.118 e. The van der Waals surface area contributed by atoms with Crippen LogP contribution in [0.5, 0.6) is 5.75 Å². The molecule has 1 aromatic carbocycles. The van der Waals surface area contributed by atoms with Crippen LogP contribution in [-0.4, -0.2) is 35.3 Å². The van der Waals surface area contributed by atoms with Gasteiger partial charge in [-0.1, -0.05) is 29.5 Å². The van der Waals surface area contributed by atoms with Crippen molar-refractivity contribution in [3.05, 3.63) is 54.8 Å². The minimum absolute atomic E-state index is 0.535. The van der Waals surface area contributed by atoms with Crippen molar-refractivity contribution in [1.29, 1.82) is 0 Å². The highest BCUT2D eigenvalue weighted by molar-refractivity contribution is 5.58. The maximum absolute atomic E-state index is 5.77. The molecule has 25 heavy (non-hydrogen) atoms. The number of benzene rings is 1. The largest absolute Gasteiger partial charge is 0.497 e. The minimum Gasteiger partial charge on any atom is -0.497 e. The number of hydrogen-bond acceptors (Lipinski definition) is 4. The average molecular weight is 339 g/mol. The predicted octanol–water partition coefficient (Wildman–Crippen LogP) is 3.88. The van der Waals surface area contributed by atoms with E-state index < -0.39 is 0 Å². The first-order chi connectivity index (χ1) is 12.3. The van der Waals surface area contributed by atoms with Gasteiger partial charge in [-0.05, 0) is 43.5 Å². The van der Waals surface area contributed by atoms with E-state index in [4.69, 9.17) is 9.47 Å². The number of ether oxygens (including phenoxy) is 2. The van der Waals surface area contributed by atoms with Gasteiger partial charge in [0.2, 0.25) is 0 Å². The summed E-state index contributed by atoms with van der Waals surface area (Å²) in [5.74, 6) is 1.38. The molecule has 1 aliphatic carbocycles. The zero-order valence-electron chi connectivity index (χ0n) is 14.7. The Balaban J connectivity index is 1.35. The van der Waals surface area contributed by atoms with E-state index in [1.807, 2.05) is 35.1 Å². The molecule has 0 N–H and O–H groups in total. The molecule has 1 aromatic heterocycles. The van der Waals surface area contributed by atoms with E-state index >= 15 is 0 Å². The molecule has 1 unspecified atom stereocenters. The van der Waals surface area contributed by atoms with E-state index in [0.29, 0.717) is 5.92 Å². The van der Waals surface area contributed by atoms with Crippen LogP contribution in [0.3, 0.4) is 0 Å². The van der Waals surface area contributed by atoms with Crippen LogP contribution in [0.2, 0.25) is 0 Å². The van der Waals surface area contributed by atoms with Crippen molar-refractivity contribution < 1.29 is 9.47 Å². The summed E-state index contributed by atoms with van der Waals surface area (Å²) >= 11 is 0. The normalized spacial score (nSPS) is 16.3. The molecule has 1 atom stereocenters. The third-order valence-corrected chi connectivity index (χ3v) is 4.25. The summed E-state index contributed by atoms with van der Waals surface area (Å²) in [6.45, 7) is 2.47. The summed E-state index contributed by atoms with van der Waals surface area (Å²) in [4.78, 5) is 0. The Kier molecular flexibility index (Phi) is 6.40. The summed E-state index contributed by atoms with van der Waals surface area (Å²) in [7, 11) is 1.66. The Bertz CT molecular complexity index is 704. The van der Waals surface area contributed by atoms with Gasteiger partial charge in [0.05, 0.1) is 19.9 Å². The number of allylic oxidation sites excluding steroid dienone is 3. The Labute approximate surface area is 149 Å². The number of aryl methyl sites for hydroxylation is 1. The monoisotopic (exact) mass is 339 g/mol. The van der Waals surface area contributed by atoms with Crippen molar-refractivity contribution in [1.82, 2.24) is 15.0 Å². The second-order valence-corrected chi connectivity index (χ2v) is 6.19. The fraction of sp³-hybridized carbons (Fsp3) is 0.400. The molecule has 0 radical (unpaired) electrons. The third kappa shape index (κ3) is 5.29. The Morgan fingerprint density at radius 1 is 1.16 bits per heavy atom. The van der Waals surface area contributed by atoms with Crippen LogP contribution in [-0.2, 0) is 11.3 Å². The Morgan fingerprint density at radius 2 is 2.04 bits per heavy atom. The number of hydrogen-bond donors (Lipinski definition) is 0. The molecule has 0 aliphatic heterocycles. The predicted molar refractivity (Wildman–Crippen MR) is 98.5 cm³/mol. The van der Waals surface area contributed by atoms with E-state index in [-0.39, 0.29) is 0 Å². The fourth-order valence-electron chi connectivity index (χ4n) is 2.77. The number of unbranched alkanes of at least 4 members (excludes halogenated alkanes) is 1. The van der Waals surface area contributed by atoms with Gasteiger partial charge >= 0.3 is 0 Å². The Hall–Kier alpha value is -2.40. The van der Waals surface area contributed by atoms with Gasteiger partial charge in [0, 0.05) is 24.6 Å². The van der Waals surface area contributed by atoms with Crippen molar-refractivity contribution in [3.8, 4) is 17.0 Å². The third-order valence-electron chi connectivity index (χ3n) is 4.25. The van der Waals surface area contributed by atoms with Gasteiger partial charge in [-0.25, -0.2) is 0 Å². The number of aromatic nitrogens is 3. The molecule has 1 aliphatic rings. The summed E-state index contributed by atoms with van der Waals surface area (Å²) < 4.78 is 12.8. The van der Waals surface area contributed by atoms with Crippen LogP contribution < -0.4 is 4.74 Å². The molecule has 0 spiro atoms. The van der Waals surface area contributed by atoms with Crippen molar-refractivity contribution in [2.24, 2.45) is 5.92 Å². The highest BCUT2D eigenvalue weighted by Gasteiger charge is 2.06. The maximum Gasteiger partial charge on any atom is 0.118 e. The van der Waals surface area contributed by atoms with E-state index in [2.05, 4.69) is 34.6 Å². The second kappa shape index (κ2) is 9.18. The maximum atomic E-state index is 5.77. The molecular formula is C20H25N3O2. The fourth-order valence-corrected chi connectivity index (χ4v) is 2.77. The summed E-state index contributed by atoms with van der Waals surface area (Å²) in [5.41, 5.74) is 1.93. The standard InChI is InChI=1S/C20H25N3O2/c1-24-19-11-9-18(10-12-19)20-15-23(22-21-20)13-5-6-14-25-16-17-7-3-2-4-8-17/h2-4,7,9-12,15,17H,5-6,8,13-14,16H2,1H3. The van der Waals surface area contributed by atoms with Crippen LogP contribution in [0.25, 0.3) is 11.3 Å². The lowest BCUT2D eigenvalue weighted by Gasteiger charge is -2.13. The second-order valence-electron chi connectivity index (χ2n) is 6.19. The zero-order valence-corrected chi connectivity index (χ0v) is 14.7. The van der Waals surface area contributed by atoms with Gasteiger partial charge in [0.15, 0.2) is 0 Å². The van der Waals surface area contributed by atoms with Crippen molar-refractivity contribution in [3.63, 3.8) is 0 Å². The minimum atomic E-state index is 0.535. The highest BCUT2D eigenvalue weighted by Crippen LogP contribution is 2.20. The number of methoxy groups -OCH3 is 1. The molecule has 0 amide bonds. The van der Waals surface area contributed by atoms with Crippen molar-refractivity contribution in [2.75, 3.05) is 20.3 Å². The van der Waals surface area contributed by atoms with Gasteiger partial charge in [-0.3, -0.25) is 4.68 Å². The first-order valence-electron chi connectivity index (χ1n) is 8.81. The first-order valence-corrected chi connectivity index (χ1v) is 8.81. The van der Waals surface area contributed by atoms with Crippen LogP contribution in [0.4, 0.5) is 0 Å². The van der Waals surface area contributed by atoms with Crippen LogP contribution in [0, 0.1) is 5.92 Å². The molecule has 5 heteroatoms. The SMILES string of the molecule is COc1ccc(-c2cn(CCCCOCC3C=CC=CC3)nn2)cc1. The Morgan fingerprint density at radius 3 is 2.80 bits per heavy atom. The quantitative estimate of drug-likeness (QED) is 0.651. The molecule has 5 nitrogen and oxygen atoms in total. The lowest BCUT2D eigenvalue weighted by molar-refractivity contribution is 0.108. The molecule has 0 saturated heterocycles. The van der Waals surface area contributed by atoms with Gasteiger partial charge < -0.3 is 9.47 Å². The zero-order chi connectivity index (χ0) is 17.3. The molecule has 0 saturated carbocycles. The van der Waals surface area contributed by atoms with E-state index in [1.165, 1.54) is 0 Å². The van der Waals surface area contributed by atoms with Gasteiger partial charge in [-0.2, -0.15) is 0 Å². The first kappa shape index (κ1) is 17.4. The number of rotatable bonds is 9. The van der Waals surface area contributed by atoms with Crippen LogP contribution in [0.15, 0.2) is 54.8 Å². The topological polar surface area (TPSA) is 49.2 Å². The molecule has 0 fully saturated rings. The van der Waals surface area contributed by atoms with Crippen molar-refractivity contribution >= 4 is 0 Å². The van der Waals surface area contributed by atoms with Gasteiger partial charge in [0.1, 0.15) is 11.4 Å². The van der Waals surface area contributed by atoms with Crippen LogP contribution >= 0.6 is 0 Å². The van der Waals surface area contributed by atoms with E-state index in [0.717, 1.165) is 56.0 Å². The summed E-state index contributed by atoms with van der Waals surface area (Å²) in [6, 6.07) is 7.86. The summed E-state index contributed by atoms with van der Waals surface area (Å²) in [5, 5.41) is 8.45. The van der Waals surface area contributed by atoms with E-state index in [9.17, 15) is 0 Å². The molecule has 132 valence electrons. The molecule has 1 heterocycles. The molecule has 3 rings (SSSR count). The number of nitrogens with zero attached hydrogens (tertiary/aromatic N) is 3. The molecule has 2 aromatic rings.